The van der Waals surface area contributed by atoms with Crippen LogP contribution in [0.15, 0.2) is 54.1 Å². The molecular formula is C30H36F2O3. The number of carbonyl (C=O) groups is 3. The molecule has 35 heavy (non-hydrogen) atoms. The Kier molecular flexibility index (Phi) is 13.4. The van der Waals surface area contributed by atoms with Gasteiger partial charge in [0.05, 0.1) is 0 Å². The highest BCUT2D eigenvalue weighted by atomic mass is 19.1. The maximum atomic E-state index is 12.8. The molecule has 0 radical (unpaired) electrons. The van der Waals surface area contributed by atoms with Crippen LogP contribution >= 0.6 is 0 Å². The summed E-state index contributed by atoms with van der Waals surface area (Å²) < 4.78 is 24.9. The van der Waals surface area contributed by atoms with Gasteiger partial charge in [-0.2, -0.15) is 0 Å². The highest BCUT2D eigenvalue weighted by molar-refractivity contribution is 5.99. The van der Waals surface area contributed by atoms with Crippen molar-refractivity contribution in [2.75, 3.05) is 0 Å². The van der Waals surface area contributed by atoms with Gasteiger partial charge in [0.2, 0.25) is 0 Å². The van der Waals surface area contributed by atoms with Gasteiger partial charge in [0.1, 0.15) is 23.7 Å². The van der Waals surface area contributed by atoms with Gasteiger partial charge >= 0.3 is 0 Å². The molecule has 2 aliphatic rings. The maximum Gasteiger partial charge on any atom is 0.158 e. The van der Waals surface area contributed by atoms with Crippen LogP contribution in [0, 0.1) is 11.6 Å². The summed E-state index contributed by atoms with van der Waals surface area (Å²) in [6.07, 6.45) is 16.4. The zero-order valence-electron chi connectivity index (χ0n) is 20.4. The number of rotatable bonds is 2. The van der Waals surface area contributed by atoms with Crippen molar-refractivity contribution in [3.05, 3.63) is 76.9 Å². The number of aldehydes is 1. The Hall–Kier alpha value is -2.95. The second-order valence-electron chi connectivity index (χ2n) is 9.03. The minimum Gasteiger partial charge on any atom is -0.300 e. The highest BCUT2D eigenvalue weighted by Gasteiger charge is 2.12. The Morgan fingerprint density at radius 2 is 0.971 bits per heavy atom. The second-order valence-corrected chi connectivity index (χ2v) is 9.03. The largest absolute Gasteiger partial charge is 0.300 e. The van der Waals surface area contributed by atoms with Crippen LogP contribution in [-0.2, 0) is 9.59 Å². The Balaban J connectivity index is 0.000000203. The van der Waals surface area contributed by atoms with E-state index in [-0.39, 0.29) is 17.4 Å². The van der Waals surface area contributed by atoms with Crippen molar-refractivity contribution >= 4 is 23.9 Å². The molecule has 0 saturated heterocycles. The van der Waals surface area contributed by atoms with E-state index in [2.05, 4.69) is 0 Å². The summed E-state index contributed by atoms with van der Waals surface area (Å²) in [5.41, 5.74) is 2.31. The fourth-order valence-corrected chi connectivity index (χ4v) is 4.01. The predicted molar refractivity (Wildman–Crippen MR) is 136 cm³/mol. The molecule has 0 bridgehead atoms. The molecule has 0 N–H and O–H groups in total. The Labute approximate surface area is 207 Å². The summed E-state index contributed by atoms with van der Waals surface area (Å²) in [6.45, 7) is 0. The van der Waals surface area contributed by atoms with E-state index >= 15 is 0 Å². The summed E-state index contributed by atoms with van der Waals surface area (Å²) in [7, 11) is 0. The van der Waals surface area contributed by atoms with Gasteiger partial charge in [0, 0.05) is 24.8 Å². The lowest BCUT2D eigenvalue weighted by Gasteiger charge is -2.11. The van der Waals surface area contributed by atoms with E-state index in [1.54, 1.807) is 12.1 Å². The number of halogens is 2. The van der Waals surface area contributed by atoms with Crippen molar-refractivity contribution in [1.82, 2.24) is 0 Å². The molecule has 0 spiro atoms. The van der Waals surface area contributed by atoms with Gasteiger partial charge in [0.15, 0.2) is 5.78 Å². The lowest BCUT2D eigenvalue weighted by molar-refractivity contribution is -0.119. The quantitative estimate of drug-likeness (QED) is 0.321. The smallest absolute Gasteiger partial charge is 0.158 e. The topological polar surface area (TPSA) is 51.2 Å². The molecule has 0 unspecified atom stereocenters. The number of benzene rings is 2. The third-order valence-electron chi connectivity index (χ3n) is 6.09. The summed E-state index contributed by atoms with van der Waals surface area (Å²) in [5.74, 6) is 0.181. The molecule has 0 atom stereocenters. The van der Waals surface area contributed by atoms with E-state index in [4.69, 9.17) is 0 Å². The first-order valence-corrected chi connectivity index (χ1v) is 12.7. The van der Waals surface area contributed by atoms with Crippen LogP contribution in [0.3, 0.4) is 0 Å². The molecule has 0 aliphatic heterocycles. The average Bonchev–Trinajstić information content (AvgIpc) is 2.84. The van der Waals surface area contributed by atoms with E-state index < -0.39 is 0 Å². The van der Waals surface area contributed by atoms with E-state index in [9.17, 15) is 23.2 Å². The Morgan fingerprint density at radius 1 is 0.543 bits per heavy atom. The minimum atomic E-state index is -0.319. The third kappa shape index (κ3) is 12.4. The predicted octanol–water partition coefficient (Wildman–Crippen LogP) is 8.07. The Morgan fingerprint density at radius 3 is 1.49 bits per heavy atom. The van der Waals surface area contributed by atoms with E-state index in [1.165, 1.54) is 62.1 Å². The van der Waals surface area contributed by atoms with Crippen LogP contribution in [0.4, 0.5) is 8.78 Å². The molecular weight excluding hydrogens is 446 g/mol. The monoisotopic (exact) mass is 482 g/mol. The SMILES string of the molecule is O=C1CCCCCC/C1=C\c1ccc(F)cc1.O=C1CCCCCCC1.O=Cc1ccc(F)cc1. The molecule has 2 aromatic carbocycles. The minimum absolute atomic E-state index is 0.240. The van der Waals surface area contributed by atoms with Gasteiger partial charge < -0.3 is 0 Å². The fraction of sp³-hybridized carbons (Fsp3) is 0.433. The molecule has 0 heterocycles. The van der Waals surface area contributed by atoms with Crippen molar-refractivity contribution in [3.63, 3.8) is 0 Å². The molecule has 0 aromatic heterocycles. The third-order valence-corrected chi connectivity index (χ3v) is 6.09. The van der Waals surface area contributed by atoms with Crippen molar-refractivity contribution in [3.8, 4) is 0 Å². The number of Topliss-reactive ketones (excluding diaryl/α,β-unsaturated/α-hetero) is 2. The Bertz CT molecular complexity index is 937. The van der Waals surface area contributed by atoms with Gasteiger partial charge in [-0.1, -0.05) is 44.2 Å². The standard InChI is InChI=1S/C15H17FO.C8H14O.C7H5FO/c16-14-9-7-12(8-10-14)11-13-5-3-1-2-4-6-15(13)17;9-8-6-4-2-1-3-5-7-8;8-7-3-1-6(5-9)2-4-7/h7-11H,1-6H2;1-7H2;1-5H/b13-11+;;. The molecule has 4 rings (SSSR count). The highest BCUT2D eigenvalue weighted by Crippen LogP contribution is 2.21. The van der Waals surface area contributed by atoms with Gasteiger partial charge in [-0.15, -0.1) is 0 Å². The first-order chi connectivity index (χ1) is 17.0. The molecule has 5 heteroatoms. The number of hydrogen-bond donors (Lipinski definition) is 0. The normalized spacial score (nSPS) is 17.9. The first kappa shape index (κ1) is 28.3. The summed E-state index contributed by atoms with van der Waals surface area (Å²) >= 11 is 0. The molecule has 188 valence electrons. The molecule has 2 aliphatic carbocycles. The number of carbonyl (C=O) groups excluding carboxylic acids is 3. The van der Waals surface area contributed by atoms with Crippen molar-refractivity contribution in [2.45, 2.75) is 83.5 Å². The lowest BCUT2D eigenvalue weighted by Crippen LogP contribution is -2.05. The van der Waals surface area contributed by atoms with Crippen molar-refractivity contribution in [1.29, 1.82) is 0 Å². The average molecular weight is 483 g/mol. The van der Waals surface area contributed by atoms with Crippen LogP contribution in [0.1, 0.15) is 99.4 Å². The van der Waals surface area contributed by atoms with Crippen LogP contribution in [0.5, 0.6) is 0 Å². The van der Waals surface area contributed by atoms with Crippen molar-refractivity contribution < 1.29 is 23.2 Å². The zero-order chi connectivity index (χ0) is 25.3. The van der Waals surface area contributed by atoms with Crippen LogP contribution in [0.2, 0.25) is 0 Å². The zero-order valence-corrected chi connectivity index (χ0v) is 20.4. The summed E-state index contributed by atoms with van der Waals surface area (Å²) in [5, 5.41) is 0. The maximum absolute atomic E-state index is 12.8. The van der Waals surface area contributed by atoms with Gasteiger partial charge in [-0.05, 0) is 85.7 Å². The molecule has 2 aromatic rings. The summed E-state index contributed by atoms with van der Waals surface area (Å²) in [6, 6.07) is 11.7. The molecule has 2 fully saturated rings. The molecule has 0 amide bonds. The second kappa shape index (κ2) is 16.6. The van der Waals surface area contributed by atoms with Gasteiger partial charge in [-0.3, -0.25) is 14.4 Å². The summed E-state index contributed by atoms with van der Waals surface area (Å²) in [4.78, 5) is 32.7. The van der Waals surface area contributed by atoms with Gasteiger partial charge in [-0.25, -0.2) is 8.78 Å². The van der Waals surface area contributed by atoms with Crippen molar-refractivity contribution in [2.24, 2.45) is 0 Å². The number of ketones is 2. The lowest BCUT2D eigenvalue weighted by atomic mass is 9.93. The van der Waals surface area contributed by atoms with Crippen LogP contribution in [0.25, 0.3) is 6.08 Å². The van der Waals surface area contributed by atoms with Crippen LogP contribution < -0.4 is 0 Å². The van der Waals surface area contributed by atoms with E-state index in [0.29, 0.717) is 24.1 Å². The van der Waals surface area contributed by atoms with E-state index in [1.807, 2.05) is 6.08 Å². The molecule has 2 saturated carbocycles. The first-order valence-electron chi connectivity index (χ1n) is 12.7. The number of allylic oxidation sites excluding steroid dienone is 1. The van der Waals surface area contributed by atoms with E-state index in [0.717, 1.165) is 62.5 Å². The van der Waals surface area contributed by atoms with Gasteiger partial charge in [0.25, 0.3) is 0 Å². The fourth-order valence-electron chi connectivity index (χ4n) is 4.01. The van der Waals surface area contributed by atoms with Crippen LogP contribution in [-0.4, -0.2) is 17.9 Å². The number of hydrogen-bond acceptors (Lipinski definition) is 3. The molecule has 3 nitrogen and oxygen atoms in total.